The van der Waals surface area contributed by atoms with Gasteiger partial charge in [-0.3, -0.25) is 10.1 Å². The highest BCUT2D eigenvalue weighted by molar-refractivity contribution is 9.10. The van der Waals surface area contributed by atoms with Crippen molar-refractivity contribution in [3.8, 4) is 0 Å². The number of aliphatic hydroxyl groups is 1. The van der Waals surface area contributed by atoms with Crippen LogP contribution in [0.15, 0.2) is 59.1 Å². The van der Waals surface area contributed by atoms with Gasteiger partial charge < -0.3 is 5.11 Å². The summed E-state index contributed by atoms with van der Waals surface area (Å²) < 4.78 is 0.960. The molecule has 0 bridgehead atoms. The number of hydrogen-bond acceptors (Lipinski definition) is 3. The monoisotopic (exact) mass is 363 g/mol. The third-order valence-electron chi connectivity index (χ3n) is 3.82. The number of benzene rings is 2. The first kappa shape index (κ1) is 16.6. The van der Waals surface area contributed by atoms with E-state index in [1.807, 2.05) is 54.6 Å². The summed E-state index contributed by atoms with van der Waals surface area (Å²) in [6, 6.07) is 17.2. The molecule has 0 heterocycles. The van der Waals surface area contributed by atoms with Crippen LogP contribution in [0.4, 0.5) is 0 Å². The van der Waals surface area contributed by atoms with Crippen LogP contribution in [0.2, 0.25) is 0 Å². The predicted molar refractivity (Wildman–Crippen MR) is 89.5 cm³/mol. The Morgan fingerprint density at radius 3 is 2.32 bits per heavy atom. The molecule has 2 aromatic rings. The zero-order valence-electron chi connectivity index (χ0n) is 12.1. The molecule has 0 spiro atoms. The molecule has 0 aliphatic carbocycles. The average molecular weight is 364 g/mol. The maximum Gasteiger partial charge on any atom is 0.211 e. The minimum atomic E-state index is -0.312. The van der Waals surface area contributed by atoms with Crippen molar-refractivity contribution in [3.05, 3.63) is 80.3 Å². The molecule has 2 atom stereocenters. The lowest BCUT2D eigenvalue weighted by Gasteiger charge is -2.23. The van der Waals surface area contributed by atoms with Gasteiger partial charge in [-0.15, -0.1) is 0 Å². The van der Waals surface area contributed by atoms with Crippen molar-refractivity contribution in [2.24, 2.45) is 5.92 Å². The standard InChI is InChI=1S/C17H18BrNO3/c18-17-9-5-4-8-14(17)10-15(12-20)16(11-19(21)22)13-6-2-1-3-7-13/h1-9,15-16,20H,10-12H2/t15-,16+/m0/s1. The van der Waals surface area contributed by atoms with E-state index in [-0.39, 0.29) is 29.9 Å². The maximum absolute atomic E-state index is 11.0. The number of aliphatic hydroxyl groups excluding tert-OH is 1. The molecule has 0 unspecified atom stereocenters. The van der Waals surface area contributed by atoms with Crippen LogP contribution >= 0.6 is 15.9 Å². The van der Waals surface area contributed by atoms with Gasteiger partial charge in [0.1, 0.15) is 0 Å². The molecule has 2 rings (SSSR count). The van der Waals surface area contributed by atoms with Gasteiger partial charge in [0.05, 0.1) is 5.92 Å². The Hall–Kier alpha value is -1.72. The third-order valence-corrected chi connectivity index (χ3v) is 4.59. The van der Waals surface area contributed by atoms with E-state index in [9.17, 15) is 15.2 Å². The minimum Gasteiger partial charge on any atom is -0.396 e. The number of hydrogen-bond donors (Lipinski definition) is 1. The van der Waals surface area contributed by atoms with Crippen molar-refractivity contribution in [2.45, 2.75) is 12.3 Å². The van der Waals surface area contributed by atoms with Crippen LogP contribution in [-0.4, -0.2) is 23.2 Å². The Bertz CT molecular complexity index is 618. The zero-order chi connectivity index (χ0) is 15.9. The lowest BCUT2D eigenvalue weighted by Crippen LogP contribution is -2.26. The Labute approximate surface area is 138 Å². The fourth-order valence-corrected chi connectivity index (χ4v) is 3.11. The Kier molecular flexibility index (Phi) is 6.10. The van der Waals surface area contributed by atoms with E-state index in [0.717, 1.165) is 15.6 Å². The Morgan fingerprint density at radius 1 is 1.09 bits per heavy atom. The summed E-state index contributed by atoms with van der Waals surface area (Å²) in [5.74, 6) is -0.514. The summed E-state index contributed by atoms with van der Waals surface area (Å²) in [5.41, 5.74) is 1.94. The van der Waals surface area contributed by atoms with E-state index in [1.165, 1.54) is 0 Å². The van der Waals surface area contributed by atoms with Gasteiger partial charge in [-0.1, -0.05) is 64.5 Å². The minimum absolute atomic E-state index is 0.0886. The van der Waals surface area contributed by atoms with Gasteiger partial charge in [-0.05, 0) is 29.5 Å². The molecule has 0 aliphatic rings. The van der Waals surface area contributed by atoms with Crippen molar-refractivity contribution >= 4 is 15.9 Å². The van der Waals surface area contributed by atoms with Gasteiger partial charge >= 0.3 is 0 Å². The van der Waals surface area contributed by atoms with Crippen LogP contribution in [0.1, 0.15) is 17.0 Å². The number of nitro groups is 1. The maximum atomic E-state index is 11.0. The lowest BCUT2D eigenvalue weighted by atomic mass is 9.82. The molecule has 0 fully saturated rings. The van der Waals surface area contributed by atoms with E-state index >= 15 is 0 Å². The fraction of sp³-hybridized carbons (Fsp3) is 0.294. The van der Waals surface area contributed by atoms with Gasteiger partial charge in [0.25, 0.3) is 0 Å². The molecular formula is C17H18BrNO3. The number of rotatable bonds is 7. The highest BCUT2D eigenvalue weighted by Crippen LogP contribution is 2.30. The summed E-state index contributed by atoms with van der Waals surface area (Å²) in [7, 11) is 0. The molecule has 4 nitrogen and oxygen atoms in total. The highest BCUT2D eigenvalue weighted by Gasteiger charge is 2.28. The Balaban J connectivity index is 2.27. The summed E-state index contributed by atoms with van der Waals surface area (Å²) >= 11 is 3.49. The van der Waals surface area contributed by atoms with E-state index in [0.29, 0.717) is 6.42 Å². The summed E-state index contributed by atoms with van der Waals surface area (Å²) in [6.07, 6.45) is 0.589. The lowest BCUT2D eigenvalue weighted by molar-refractivity contribution is -0.485. The molecule has 116 valence electrons. The largest absolute Gasteiger partial charge is 0.396 e. The van der Waals surface area contributed by atoms with E-state index < -0.39 is 0 Å². The molecule has 0 radical (unpaired) electrons. The summed E-state index contributed by atoms with van der Waals surface area (Å²) in [6.45, 7) is -0.269. The van der Waals surface area contributed by atoms with Crippen LogP contribution in [0, 0.1) is 16.0 Å². The Morgan fingerprint density at radius 2 is 1.73 bits per heavy atom. The molecule has 0 aliphatic heterocycles. The van der Waals surface area contributed by atoms with Gasteiger partial charge in [0, 0.05) is 16.0 Å². The molecule has 0 aromatic heterocycles. The normalized spacial score (nSPS) is 13.5. The van der Waals surface area contributed by atoms with E-state index in [2.05, 4.69) is 15.9 Å². The van der Waals surface area contributed by atoms with Crippen LogP contribution in [0.5, 0.6) is 0 Å². The molecule has 0 amide bonds. The SMILES string of the molecule is O=[N+]([O-])C[C@H](c1ccccc1)[C@H](CO)Cc1ccccc1Br. The number of halogens is 1. The fourth-order valence-electron chi connectivity index (χ4n) is 2.67. The summed E-state index contributed by atoms with van der Waals surface area (Å²) in [4.78, 5) is 10.7. The van der Waals surface area contributed by atoms with Crippen molar-refractivity contribution in [1.82, 2.24) is 0 Å². The first-order chi connectivity index (χ1) is 10.6. The van der Waals surface area contributed by atoms with E-state index in [1.54, 1.807) is 0 Å². The second-order valence-electron chi connectivity index (χ2n) is 5.27. The van der Waals surface area contributed by atoms with Crippen molar-refractivity contribution in [2.75, 3.05) is 13.2 Å². The van der Waals surface area contributed by atoms with Gasteiger partial charge in [-0.2, -0.15) is 0 Å². The second kappa shape index (κ2) is 8.06. The van der Waals surface area contributed by atoms with E-state index in [4.69, 9.17) is 0 Å². The smallest absolute Gasteiger partial charge is 0.211 e. The van der Waals surface area contributed by atoms with Crippen LogP contribution < -0.4 is 0 Å². The third kappa shape index (κ3) is 4.39. The average Bonchev–Trinajstić information content (AvgIpc) is 2.53. The topological polar surface area (TPSA) is 63.4 Å². The van der Waals surface area contributed by atoms with Crippen molar-refractivity contribution in [1.29, 1.82) is 0 Å². The molecule has 22 heavy (non-hydrogen) atoms. The molecule has 1 N–H and O–H groups in total. The first-order valence-corrected chi connectivity index (χ1v) is 7.92. The molecular weight excluding hydrogens is 346 g/mol. The van der Waals surface area contributed by atoms with Gasteiger partial charge in [0.15, 0.2) is 0 Å². The molecule has 0 saturated carbocycles. The van der Waals surface area contributed by atoms with Crippen LogP contribution in [0.25, 0.3) is 0 Å². The highest BCUT2D eigenvalue weighted by atomic mass is 79.9. The van der Waals surface area contributed by atoms with Gasteiger partial charge in [0.2, 0.25) is 6.54 Å². The predicted octanol–water partition coefficient (Wildman–Crippen LogP) is 3.66. The number of nitrogens with zero attached hydrogens (tertiary/aromatic N) is 1. The first-order valence-electron chi connectivity index (χ1n) is 7.12. The second-order valence-corrected chi connectivity index (χ2v) is 6.13. The molecule has 0 saturated heterocycles. The molecule has 2 aromatic carbocycles. The quantitative estimate of drug-likeness (QED) is 0.602. The van der Waals surface area contributed by atoms with Gasteiger partial charge in [-0.25, -0.2) is 0 Å². The summed E-state index contributed by atoms with van der Waals surface area (Å²) in [5, 5.41) is 20.8. The van der Waals surface area contributed by atoms with Crippen LogP contribution in [-0.2, 0) is 6.42 Å². The van der Waals surface area contributed by atoms with Crippen LogP contribution in [0.3, 0.4) is 0 Å². The van der Waals surface area contributed by atoms with Crippen molar-refractivity contribution in [3.63, 3.8) is 0 Å². The molecule has 5 heteroatoms. The van der Waals surface area contributed by atoms with Crippen molar-refractivity contribution < 1.29 is 10.0 Å². The zero-order valence-corrected chi connectivity index (χ0v) is 13.6.